The number of ether oxygens (including phenoxy) is 4. The zero-order chi connectivity index (χ0) is 44.4. The molecular weight excluding hydrogens is 773 g/mol. The second kappa shape index (κ2) is 40.9. The standard InChI is InChI=1S/C51H84O10/c1-3-5-7-9-11-13-15-17-19-21-22-24-26-28-30-32-34-36-38-40-47(54)60-44(43-59-51-50(57)49(56)48(55)45(41-52)61-51)42-58-46(53)39-37-35-33-31-29-27-25-23-20-18-16-14-12-10-8-6-4-2/h5,7,11,13-14,16-17,19,22,24,28,30,34,36,44-45,48-52,55-57H,3-4,6,8-10,12,15,18,20-21,23,25-27,29,31-33,35,37-43H2,1-2H3/b7-5+,13-11+,16-14+,19-17+,24-22+,30-28+,36-34+/t44-,45-,48+,49?,50?,51-/m1/s1. The summed E-state index contributed by atoms with van der Waals surface area (Å²) in [5.41, 5.74) is 0. The number of hydrogen-bond acceptors (Lipinski definition) is 10. The van der Waals surface area contributed by atoms with Gasteiger partial charge in [-0.05, 0) is 77.0 Å². The number of allylic oxidation sites excluding steroid dienone is 14. The van der Waals surface area contributed by atoms with Crippen LogP contribution in [0, 0.1) is 0 Å². The van der Waals surface area contributed by atoms with E-state index in [4.69, 9.17) is 18.9 Å². The van der Waals surface area contributed by atoms with Gasteiger partial charge in [0.15, 0.2) is 12.4 Å². The molecule has 0 aromatic rings. The SMILES string of the molecule is CC/C=C/C/C=C/C/C=C/C/C=C/C/C=C/C/C=C/CCC(=O)O[C@H](COC(=O)CCCCCCCCCCC/C=C/CCCCCC)CO[C@@H]1O[C@H](CO)[C@H](O)C(O)C1O. The van der Waals surface area contributed by atoms with Crippen molar-refractivity contribution >= 4 is 11.9 Å². The Hall–Kier alpha value is -3.12. The van der Waals surface area contributed by atoms with Gasteiger partial charge < -0.3 is 39.4 Å². The molecule has 1 aliphatic heterocycles. The summed E-state index contributed by atoms with van der Waals surface area (Å²) < 4.78 is 22.1. The van der Waals surface area contributed by atoms with Gasteiger partial charge in [0.2, 0.25) is 0 Å². The highest BCUT2D eigenvalue weighted by Crippen LogP contribution is 2.22. The van der Waals surface area contributed by atoms with Crippen LogP contribution in [0.4, 0.5) is 0 Å². The lowest BCUT2D eigenvalue weighted by molar-refractivity contribution is -0.305. The summed E-state index contributed by atoms with van der Waals surface area (Å²) >= 11 is 0. The number of aliphatic hydroxyl groups is 4. The molecule has 10 heteroatoms. The summed E-state index contributed by atoms with van der Waals surface area (Å²) in [5.74, 6) is -0.912. The molecule has 4 N–H and O–H groups in total. The summed E-state index contributed by atoms with van der Waals surface area (Å²) in [4.78, 5) is 25.3. The number of unbranched alkanes of at least 4 members (excludes halogenated alkanes) is 13. The molecule has 0 aromatic heterocycles. The highest BCUT2D eigenvalue weighted by molar-refractivity contribution is 5.70. The molecule has 0 bridgehead atoms. The third kappa shape index (κ3) is 32.3. The van der Waals surface area contributed by atoms with Gasteiger partial charge in [-0.25, -0.2) is 0 Å². The van der Waals surface area contributed by atoms with Gasteiger partial charge in [-0.1, -0.05) is 163 Å². The van der Waals surface area contributed by atoms with Gasteiger partial charge in [0.1, 0.15) is 31.0 Å². The minimum Gasteiger partial charge on any atom is -0.462 e. The summed E-state index contributed by atoms with van der Waals surface area (Å²) in [5, 5.41) is 40.1. The minimum atomic E-state index is -1.61. The van der Waals surface area contributed by atoms with Crippen molar-refractivity contribution in [2.45, 2.75) is 205 Å². The van der Waals surface area contributed by atoms with Crippen molar-refractivity contribution in [3.05, 3.63) is 85.1 Å². The zero-order valence-corrected chi connectivity index (χ0v) is 37.9. The van der Waals surface area contributed by atoms with E-state index in [0.717, 1.165) is 57.8 Å². The van der Waals surface area contributed by atoms with E-state index in [-0.39, 0.29) is 26.1 Å². The fourth-order valence-electron chi connectivity index (χ4n) is 6.56. The molecule has 1 rings (SSSR count). The predicted octanol–water partition coefficient (Wildman–Crippen LogP) is 10.6. The number of carbonyl (C=O) groups excluding carboxylic acids is 2. The smallest absolute Gasteiger partial charge is 0.306 e. The Bertz CT molecular complexity index is 1270. The zero-order valence-electron chi connectivity index (χ0n) is 37.9. The van der Waals surface area contributed by atoms with E-state index < -0.39 is 55.4 Å². The van der Waals surface area contributed by atoms with Crippen LogP contribution in [-0.2, 0) is 28.5 Å². The molecule has 2 unspecified atom stereocenters. The molecule has 1 aliphatic rings. The molecule has 1 saturated heterocycles. The number of aliphatic hydroxyl groups excluding tert-OH is 4. The van der Waals surface area contributed by atoms with Crippen molar-refractivity contribution in [2.75, 3.05) is 19.8 Å². The van der Waals surface area contributed by atoms with E-state index in [1.54, 1.807) is 0 Å². The first-order chi connectivity index (χ1) is 29.8. The topological polar surface area (TPSA) is 152 Å². The molecule has 0 spiro atoms. The van der Waals surface area contributed by atoms with E-state index in [0.29, 0.717) is 12.8 Å². The molecule has 1 heterocycles. The van der Waals surface area contributed by atoms with E-state index in [9.17, 15) is 30.0 Å². The molecule has 61 heavy (non-hydrogen) atoms. The third-order valence-electron chi connectivity index (χ3n) is 10.3. The lowest BCUT2D eigenvalue weighted by atomic mass is 9.99. The first-order valence-corrected chi connectivity index (χ1v) is 23.7. The Morgan fingerprint density at radius 1 is 0.525 bits per heavy atom. The molecular formula is C51H84O10. The lowest BCUT2D eigenvalue weighted by Crippen LogP contribution is -2.59. The molecule has 1 fully saturated rings. The maximum absolute atomic E-state index is 12.8. The second-order valence-electron chi connectivity index (χ2n) is 15.8. The monoisotopic (exact) mass is 857 g/mol. The first kappa shape index (κ1) is 55.9. The average molecular weight is 857 g/mol. The number of esters is 2. The molecule has 10 nitrogen and oxygen atoms in total. The normalized spacial score (nSPS) is 20.5. The summed E-state index contributed by atoms with van der Waals surface area (Å²) in [6.45, 7) is 3.21. The van der Waals surface area contributed by atoms with E-state index >= 15 is 0 Å². The quantitative estimate of drug-likeness (QED) is 0.0268. The van der Waals surface area contributed by atoms with Gasteiger partial charge in [0.05, 0.1) is 13.2 Å². The van der Waals surface area contributed by atoms with E-state index in [1.165, 1.54) is 70.6 Å². The maximum atomic E-state index is 12.8. The summed E-state index contributed by atoms with van der Waals surface area (Å²) in [7, 11) is 0. The summed E-state index contributed by atoms with van der Waals surface area (Å²) in [6, 6.07) is 0. The minimum absolute atomic E-state index is 0.100. The van der Waals surface area contributed by atoms with Crippen LogP contribution in [0.15, 0.2) is 85.1 Å². The Balaban J connectivity index is 2.37. The first-order valence-electron chi connectivity index (χ1n) is 23.7. The van der Waals surface area contributed by atoms with E-state index in [1.807, 2.05) is 12.2 Å². The molecule has 0 aliphatic carbocycles. The van der Waals surface area contributed by atoms with Crippen LogP contribution in [0.3, 0.4) is 0 Å². The van der Waals surface area contributed by atoms with Crippen molar-refractivity contribution in [1.82, 2.24) is 0 Å². The second-order valence-corrected chi connectivity index (χ2v) is 15.8. The van der Waals surface area contributed by atoms with Crippen LogP contribution < -0.4 is 0 Å². The van der Waals surface area contributed by atoms with Gasteiger partial charge in [0.25, 0.3) is 0 Å². The van der Waals surface area contributed by atoms with Crippen molar-refractivity contribution in [1.29, 1.82) is 0 Å². The Kier molecular flexibility index (Phi) is 37.5. The fourth-order valence-corrected chi connectivity index (χ4v) is 6.56. The largest absolute Gasteiger partial charge is 0.462 e. The Labute approximate surface area is 369 Å². The van der Waals surface area contributed by atoms with Crippen molar-refractivity contribution in [3.8, 4) is 0 Å². The van der Waals surface area contributed by atoms with E-state index in [2.05, 4.69) is 86.8 Å². The van der Waals surface area contributed by atoms with Crippen molar-refractivity contribution < 1.29 is 49.0 Å². The number of hydrogen-bond donors (Lipinski definition) is 4. The van der Waals surface area contributed by atoms with Gasteiger partial charge >= 0.3 is 11.9 Å². The summed E-state index contributed by atoms with van der Waals surface area (Å²) in [6.07, 6.45) is 46.0. The number of carbonyl (C=O) groups is 2. The molecule has 6 atom stereocenters. The highest BCUT2D eigenvalue weighted by atomic mass is 16.7. The molecule has 0 radical (unpaired) electrons. The van der Waals surface area contributed by atoms with Crippen LogP contribution in [0.2, 0.25) is 0 Å². The van der Waals surface area contributed by atoms with Crippen LogP contribution in [0.25, 0.3) is 0 Å². The third-order valence-corrected chi connectivity index (χ3v) is 10.3. The highest BCUT2D eigenvalue weighted by Gasteiger charge is 2.44. The predicted molar refractivity (Wildman–Crippen MR) is 247 cm³/mol. The Morgan fingerprint density at radius 3 is 1.52 bits per heavy atom. The van der Waals surface area contributed by atoms with Crippen molar-refractivity contribution in [3.63, 3.8) is 0 Å². The van der Waals surface area contributed by atoms with Gasteiger partial charge in [0, 0.05) is 12.8 Å². The van der Waals surface area contributed by atoms with Gasteiger partial charge in [-0.3, -0.25) is 9.59 Å². The van der Waals surface area contributed by atoms with Gasteiger partial charge in [-0.15, -0.1) is 0 Å². The molecule has 0 amide bonds. The van der Waals surface area contributed by atoms with Crippen LogP contribution in [0.5, 0.6) is 0 Å². The van der Waals surface area contributed by atoms with Crippen molar-refractivity contribution in [2.24, 2.45) is 0 Å². The Morgan fingerprint density at radius 2 is 1.00 bits per heavy atom. The molecule has 348 valence electrons. The molecule has 0 aromatic carbocycles. The van der Waals surface area contributed by atoms with Gasteiger partial charge in [-0.2, -0.15) is 0 Å². The maximum Gasteiger partial charge on any atom is 0.306 e. The van der Waals surface area contributed by atoms with Crippen LogP contribution in [-0.4, -0.2) is 89.0 Å². The fraction of sp³-hybridized carbons (Fsp3) is 0.686. The average Bonchev–Trinajstić information content (AvgIpc) is 3.26. The van der Waals surface area contributed by atoms with Crippen LogP contribution in [0.1, 0.15) is 168 Å². The lowest BCUT2D eigenvalue weighted by Gasteiger charge is -2.39. The van der Waals surface area contributed by atoms with Crippen LogP contribution >= 0.6 is 0 Å². The molecule has 0 saturated carbocycles. The number of rotatable bonds is 38.